The Kier molecular flexibility index (Phi) is 3.34. The molecule has 170 valence electrons. The van der Waals surface area contributed by atoms with Gasteiger partial charge in [0, 0.05) is 40.6 Å². The largest absolute Gasteiger partial charge is 0.386 e. The Balaban J connectivity index is 1.74. The van der Waals surface area contributed by atoms with Gasteiger partial charge in [0.15, 0.2) is 5.72 Å². The number of para-hydroxylation sites is 2. The molecule has 0 aliphatic carbocycles. The highest BCUT2D eigenvalue weighted by molar-refractivity contribution is 6.31. The first-order valence-corrected chi connectivity index (χ1v) is 11.9. The van der Waals surface area contributed by atoms with E-state index in [9.17, 15) is 9.90 Å². The van der Waals surface area contributed by atoms with Crippen molar-refractivity contribution in [1.82, 2.24) is 19.8 Å². The molecule has 5 aromatic rings. The van der Waals surface area contributed by atoms with Gasteiger partial charge in [-0.1, -0.05) is 36.4 Å². The zero-order valence-corrected chi connectivity index (χ0v) is 18.9. The SMILES string of the molecule is CNC1CC2OC(C)(C1O)n1c3ccccc3c3c4c(c5c6ccccc6n2c5c31)C(=O)NC4. The predicted molar refractivity (Wildman–Crippen MR) is 131 cm³/mol. The minimum absolute atomic E-state index is 0.0240. The molecule has 4 unspecified atom stereocenters. The van der Waals surface area contributed by atoms with Crippen LogP contribution in [0.3, 0.4) is 0 Å². The molecular formula is C27H24N4O3. The van der Waals surface area contributed by atoms with Crippen molar-refractivity contribution in [2.24, 2.45) is 0 Å². The van der Waals surface area contributed by atoms with Crippen molar-refractivity contribution >= 4 is 49.5 Å². The van der Waals surface area contributed by atoms with Crippen LogP contribution in [0.1, 0.15) is 35.5 Å². The van der Waals surface area contributed by atoms with Crippen LogP contribution in [0.25, 0.3) is 43.6 Å². The second kappa shape index (κ2) is 5.99. The van der Waals surface area contributed by atoms with Crippen LogP contribution in [0.4, 0.5) is 0 Å². The Morgan fingerprint density at radius 2 is 1.76 bits per heavy atom. The average molecular weight is 453 g/mol. The molecule has 5 heterocycles. The number of aliphatic hydroxyl groups excluding tert-OH is 1. The standard InChI is InChI=1S/C27H24N4O3/c1-27-25(32)16(28-2)11-19(34-27)30-17-9-5-3-7-13(17)21-22-15(12-29-26(22)33)20-14-8-4-6-10-18(14)31(27)24(20)23(21)30/h3-10,16,19,25,28,32H,11-12H2,1-2H3,(H,29,33). The number of hydrogen-bond acceptors (Lipinski definition) is 4. The molecule has 1 saturated heterocycles. The molecule has 2 bridgehead atoms. The predicted octanol–water partition coefficient (Wildman–Crippen LogP) is 3.70. The first-order chi connectivity index (χ1) is 16.5. The normalized spacial score (nSPS) is 27.7. The lowest BCUT2D eigenvalue weighted by Crippen LogP contribution is -2.58. The zero-order valence-electron chi connectivity index (χ0n) is 18.9. The first-order valence-electron chi connectivity index (χ1n) is 11.9. The average Bonchev–Trinajstić information content (AvgIpc) is 3.48. The van der Waals surface area contributed by atoms with Gasteiger partial charge in [-0.25, -0.2) is 0 Å². The van der Waals surface area contributed by atoms with Crippen LogP contribution in [0.2, 0.25) is 0 Å². The van der Waals surface area contributed by atoms with Crippen LogP contribution >= 0.6 is 0 Å². The molecule has 3 aromatic carbocycles. The van der Waals surface area contributed by atoms with Crippen molar-refractivity contribution in [1.29, 1.82) is 0 Å². The van der Waals surface area contributed by atoms with Gasteiger partial charge in [-0.2, -0.15) is 0 Å². The van der Waals surface area contributed by atoms with E-state index in [1.165, 1.54) is 0 Å². The number of hydrogen-bond donors (Lipinski definition) is 3. The van der Waals surface area contributed by atoms with Crippen LogP contribution < -0.4 is 10.6 Å². The number of rotatable bonds is 1. The summed E-state index contributed by atoms with van der Waals surface area (Å²) in [4.78, 5) is 13.3. The number of carbonyl (C=O) groups excluding carboxylic acids is 1. The molecule has 3 aliphatic rings. The summed E-state index contributed by atoms with van der Waals surface area (Å²) in [6.07, 6.45) is -0.432. The minimum atomic E-state index is -0.991. The minimum Gasteiger partial charge on any atom is -0.386 e. The highest BCUT2D eigenvalue weighted by Gasteiger charge is 2.52. The van der Waals surface area contributed by atoms with Crippen LogP contribution in [0.15, 0.2) is 48.5 Å². The van der Waals surface area contributed by atoms with Gasteiger partial charge in [-0.05, 0) is 31.7 Å². The molecule has 0 spiro atoms. The monoisotopic (exact) mass is 452 g/mol. The van der Waals surface area contributed by atoms with Crippen LogP contribution in [0.5, 0.6) is 0 Å². The van der Waals surface area contributed by atoms with Crippen molar-refractivity contribution in [3.05, 3.63) is 59.7 Å². The topological polar surface area (TPSA) is 80.4 Å². The molecule has 3 N–H and O–H groups in total. The summed E-state index contributed by atoms with van der Waals surface area (Å²) in [5, 5.41) is 22.2. The zero-order chi connectivity index (χ0) is 22.9. The van der Waals surface area contributed by atoms with E-state index < -0.39 is 11.8 Å². The van der Waals surface area contributed by atoms with E-state index >= 15 is 0 Å². The Morgan fingerprint density at radius 1 is 1.06 bits per heavy atom. The maximum absolute atomic E-state index is 13.3. The smallest absolute Gasteiger partial charge is 0.252 e. The van der Waals surface area contributed by atoms with Gasteiger partial charge >= 0.3 is 0 Å². The number of ether oxygens (including phenoxy) is 1. The highest BCUT2D eigenvalue weighted by Crippen LogP contribution is 2.53. The van der Waals surface area contributed by atoms with E-state index in [1.54, 1.807) is 0 Å². The third kappa shape index (κ3) is 1.92. The van der Waals surface area contributed by atoms with Gasteiger partial charge in [0.2, 0.25) is 0 Å². The quantitative estimate of drug-likeness (QED) is 0.362. The molecule has 0 radical (unpaired) electrons. The lowest BCUT2D eigenvalue weighted by Gasteiger charge is -2.46. The number of fused-ring (bicyclic) bond motifs is 13. The number of nitrogens with one attached hydrogen (secondary N) is 2. The molecule has 4 atom stereocenters. The van der Waals surface area contributed by atoms with Crippen molar-refractivity contribution in [2.75, 3.05) is 7.05 Å². The Labute approximate surface area is 194 Å². The second-order valence-electron chi connectivity index (χ2n) is 9.93. The van der Waals surface area contributed by atoms with Crippen molar-refractivity contribution < 1.29 is 14.6 Å². The van der Waals surface area contributed by atoms with Crippen molar-refractivity contribution in [3.63, 3.8) is 0 Å². The molecule has 7 heteroatoms. The maximum atomic E-state index is 13.3. The summed E-state index contributed by atoms with van der Waals surface area (Å²) in [5.41, 5.74) is 4.91. The molecule has 1 fully saturated rings. The van der Waals surface area contributed by atoms with Gasteiger partial charge in [-0.3, -0.25) is 4.79 Å². The molecule has 2 aromatic heterocycles. The van der Waals surface area contributed by atoms with Gasteiger partial charge in [0.25, 0.3) is 5.91 Å². The van der Waals surface area contributed by atoms with Crippen LogP contribution in [0, 0.1) is 0 Å². The van der Waals surface area contributed by atoms with E-state index in [1.807, 2.05) is 38.2 Å². The third-order valence-corrected chi connectivity index (χ3v) is 8.38. The number of carbonyl (C=O) groups is 1. The molecule has 0 saturated carbocycles. The first kappa shape index (κ1) is 19.0. The van der Waals surface area contributed by atoms with E-state index in [4.69, 9.17) is 4.74 Å². The fourth-order valence-corrected chi connectivity index (χ4v) is 6.97. The molecular weight excluding hydrogens is 428 g/mol. The summed E-state index contributed by atoms with van der Waals surface area (Å²) in [6, 6.07) is 16.4. The summed E-state index contributed by atoms with van der Waals surface area (Å²) < 4.78 is 11.3. The summed E-state index contributed by atoms with van der Waals surface area (Å²) >= 11 is 0. The fraction of sp³-hybridized carbons (Fsp3) is 0.296. The second-order valence-corrected chi connectivity index (χ2v) is 9.93. The number of amides is 1. The van der Waals surface area contributed by atoms with Crippen molar-refractivity contribution in [3.8, 4) is 0 Å². The summed E-state index contributed by atoms with van der Waals surface area (Å²) in [5.74, 6) is -0.0240. The van der Waals surface area contributed by atoms with Gasteiger partial charge < -0.3 is 29.6 Å². The third-order valence-electron chi connectivity index (χ3n) is 8.38. The molecule has 3 aliphatic heterocycles. The fourth-order valence-electron chi connectivity index (χ4n) is 6.97. The number of nitrogens with zero attached hydrogens (tertiary/aromatic N) is 2. The Hall–Kier alpha value is -3.39. The molecule has 8 rings (SSSR count). The highest BCUT2D eigenvalue weighted by atomic mass is 16.6. The Bertz CT molecular complexity index is 1730. The van der Waals surface area contributed by atoms with Gasteiger partial charge in [0.05, 0.1) is 27.6 Å². The van der Waals surface area contributed by atoms with Gasteiger partial charge in [0.1, 0.15) is 12.3 Å². The van der Waals surface area contributed by atoms with E-state index in [2.05, 4.69) is 44.0 Å². The maximum Gasteiger partial charge on any atom is 0.252 e. The number of aromatic nitrogens is 2. The molecule has 34 heavy (non-hydrogen) atoms. The van der Waals surface area contributed by atoms with Gasteiger partial charge in [-0.15, -0.1) is 0 Å². The van der Waals surface area contributed by atoms with Crippen molar-refractivity contribution in [2.45, 2.75) is 44.0 Å². The van der Waals surface area contributed by atoms with E-state index in [-0.39, 0.29) is 18.2 Å². The molecule has 7 nitrogen and oxygen atoms in total. The lowest BCUT2D eigenvalue weighted by atomic mass is 9.93. The lowest BCUT2D eigenvalue weighted by molar-refractivity contribution is -0.249. The molecule has 1 amide bonds. The summed E-state index contributed by atoms with van der Waals surface area (Å²) in [6.45, 7) is 2.49. The Morgan fingerprint density at radius 3 is 2.53 bits per heavy atom. The number of aliphatic hydroxyl groups is 1. The van der Waals surface area contributed by atoms with E-state index in [0.29, 0.717) is 13.0 Å². The van der Waals surface area contributed by atoms with Crippen LogP contribution in [-0.2, 0) is 17.0 Å². The van der Waals surface area contributed by atoms with Crippen LogP contribution in [-0.4, -0.2) is 39.3 Å². The number of benzene rings is 3. The van der Waals surface area contributed by atoms with E-state index in [0.717, 1.165) is 54.7 Å². The number of likely N-dealkylation sites (N-methyl/N-ethyl adjacent to an activating group) is 1. The summed E-state index contributed by atoms with van der Waals surface area (Å²) in [7, 11) is 1.90.